The molecule has 3 rings (SSSR count). The first-order valence-electron chi connectivity index (χ1n) is 6.57. The lowest BCUT2D eigenvalue weighted by atomic mass is 9.96. The Hall–Kier alpha value is -1.84. The third-order valence-corrected chi connectivity index (χ3v) is 3.62. The summed E-state index contributed by atoms with van der Waals surface area (Å²) in [4.78, 5) is 4.43. The molecule has 20 heavy (non-hydrogen) atoms. The number of rotatable bonds is 3. The zero-order valence-corrected chi connectivity index (χ0v) is 11.6. The average Bonchev–Trinajstić information content (AvgIpc) is 3.01. The van der Waals surface area contributed by atoms with Gasteiger partial charge in [-0.1, -0.05) is 48.0 Å². The minimum absolute atomic E-state index is 0.663. The lowest BCUT2D eigenvalue weighted by molar-refractivity contribution is 0.220. The van der Waals surface area contributed by atoms with Crippen LogP contribution in [0.2, 0.25) is 5.02 Å². The molecule has 0 radical (unpaired) electrons. The van der Waals surface area contributed by atoms with Gasteiger partial charge in [-0.3, -0.25) is 4.99 Å². The van der Waals surface area contributed by atoms with Crippen LogP contribution in [0.5, 0.6) is 0 Å². The van der Waals surface area contributed by atoms with E-state index in [2.05, 4.69) is 10.3 Å². The average molecular weight is 287 g/mol. The normalized spacial score (nSPS) is 15.6. The summed E-state index contributed by atoms with van der Waals surface area (Å²) in [6.45, 7) is 1.63. The van der Waals surface area contributed by atoms with E-state index >= 15 is 0 Å². The summed E-state index contributed by atoms with van der Waals surface area (Å²) in [5, 5.41) is 14.5. The van der Waals surface area contributed by atoms with E-state index in [-0.39, 0.29) is 0 Å². The molecule has 3 nitrogen and oxygen atoms in total. The molecule has 0 amide bonds. The van der Waals surface area contributed by atoms with Gasteiger partial charge in [0.15, 0.2) is 0 Å². The molecule has 0 spiro atoms. The van der Waals surface area contributed by atoms with Gasteiger partial charge >= 0.3 is 0 Å². The summed E-state index contributed by atoms with van der Waals surface area (Å²) < 4.78 is 0. The number of hydrogen-bond acceptors (Lipinski definition) is 3. The van der Waals surface area contributed by atoms with Crippen molar-refractivity contribution >= 4 is 17.4 Å². The Kier molecular flexibility index (Phi) is 3.72. The van der Waals surface area contributed by atoms with Crippen LogP contribution < -0.4 is 5.32 Å². The van der Waals surface area contributed by atoms with Gasteiger partial charge < -0.3 is 10.4 Å². The minimum Gasteiger partial charge on any atom is -0.384 e. The number of aliphatic imine (C=N–C) groups is 1. The number of halogens is 1. The van der Waals surface area contributed by atoms with Crippen LogP contribution in [-0.4, -0.2) is 24.0 Å². The minimum atomic E-state index is -0.687. The molecular weight excluding hydrogens is 272 g/mol. The third-order valence-electron chi connectivity index (χ3n) is 3.37. The molecule has 1 aliphatic heterocycles. The van der Waals surface area contributed by atoms with Crippen LogP contribution in [0.25, 0.3) is 0 Å². The smallest absolute Gasteiger partial charge is 0.128 e. The zero-order chi connectivity index (χ0) is 13.9. The molecule has 2 aromatic carbocycles. The number of amidine groups is 1. The lowest BCUT2D eigenvalue weighted by Gasteiger charge is -2.16. The summed E-state index contributed by atoms with van der Waals surface area (Å²) in [6, 6.07) is 15.0. The van der Waals surface area contributed by atoms with E-state index in [9.17, 15) is 5.11 Å². The van der Waals surface area contributed by atoms with Gasteiger partial charge in [-0.2, -0.15) is 0 Å². The van der Waals surface area contributed by atoms with Gasteiger partial charge in [0.2, 0.25) is 0 Å². The summed E-state index contributed by atoms with van der Waals surface area (Å²) >= 11 is 5.89. The fourth-order valence-corrected chi connectivity index (χ4v) is 2.48. The molecule has 0 unspecified atom stereocenters. The topological polar surface area (TPSA) is 44.6 Å². The summed E-state index contributed by atoms with van der Waals surface area (Å²) in [5.41, 5.74) is 2.62. The van der Waals surface area contributed by atoms with Gasteiger partial charge in [0.05, 0.1) is 6.54 Å². The standard InChI is InChI=1S/C16H15ClN2O/c17-12-7-5-11(6-8-12)15(20)13-3-1-2-4-14(13)16-18-9-10-19-16/h1-8,15,20H,9-10H2,(H,18,19)/t15-/m0/s1. The molecule has 102 valence electrons. The van der Waals surface area contributed by atoms with Gasteiger partial charge in [-0.05, 0) is 23.3 Å². The highest BCUT2D eigenvalue weighted by Crippen LogP contribution is 2.26. The van der Waals surface area contributed by atoms with Crippen molar-refractivity contribution in [3.8, 4) is 0 Å². The second-order valence-electron chi connectivity index (χ2n) is 4.70. The highest BCUT2D eigenvalue weighted by atomic mass is 35.5. The van der Waals surface area contributed by atoms with Crippen molar-refractivity contribution in [2.75, 3.05) is 13.1 Å². The molecule has 1 aliphatic rings. The summed E-state index contributed by atoms with van der Waals surface area (Å²) in [7, 11) is 0. The highest BCUT2D eigenvalue weighted by Gasteiger charge is 2.18. The summed E-state index contributed by atoms with van der Waals surface area (Å²) in [5.74, 6) is 0.855. The van der Waals surface area contributed by atoms with E-state index < -0.39 is 6.10 Å². The quantitative estimate of drug-likeness (QED) is 0.911. The maximum Gasteiger partial charge on any atom is 0.128 e. The monoisotopic (exact) mass is 286 g/mol. The Morgan fingerprint density at radius 3 is 2.55 bits per heavy atom. The lowest BCUT2D eigenvalue weighted by Crippen LogP contribution is -2.21. The first-order valence-corrected chi connectivity index (χ1v) is 6.94. The van der Waals surface area contributed by atoms with Crippen molar-refractivity contribution in [3.63, 3.8) is 0 Å². The number of benzene rings is 2. The first-order chi connectivity index (χ1) is 9.75. The van der Waals surface area contributed by atoms with E-state index in [0.717, 1.165) is 35.6 Å². The van der Waals surface area contributed by atoms with Crippen LogP contribution in [0, 0.1) is 0 Å². The fraction of sp³-hybridized carbons (Fsp3) is 0.188. The van der Waals surface area contributed by atoms with Crippen LogP contribution in [-0.2, 0) is 0 Å². The van der Waals surface area contributed by atoms with Crippen LogP contribution >= 0.6 is 11.6 Å². The second kappa shape index (κ2) is 5.65. The first kappa shape index (κ1) is 13.2. The van der Waals surface area contributed by atoms with E-state index in [1.54, 1.807) is 12.1 Å². The molecule has 0 aromatic heterocycles. The molecule has 0 bridgehead atoms. The molecule has 0 saturated carbocycles. The molecule has 0 saturated heterocycles. The SMILES string of the molecule is O[C@@H](c1ccc(Cl)cc1)c1ccccc1C1=NCCN1. The molecule has 2 aromatic rings. The molecule has 1 heterocycles. The number of nitrogens with one attached hydrogen (secondary N) is 1. The molecular formula is C16H15ClN2O. The highest BCUT2D eigenvalue weighted by molar-refractivity contribution is 6.30. The number of nitrogens with zero attached hydrogens (tertiary/aromatic N) is 1. The largest absolute Gasteiger partial charge is 0.384 e. The van der Waals surface area contributed by atoms with Crippen LogP contribution in [0.15, 0.2) is 53.5 Å². The number of hydrogen-bond donors (Lipinski definition) is 2. The number of aliphatic hydroxyl groups is 1. The Bertz CT molecular complexity index is 637. The van der Waals surface area contributed by atoms with Crippen LogP contribution in [0.4, 0.5) is 0 Å². The maximum absolute atomic E-state index is 10.6. The summed E-state index contributed by atoms with van der Waals surface area (Å²) in [6.07, 6.45) is -0.687. The van der Waals surface area contributed by atoms with E-state index in [1.165, 1.54) is 0 Å². The second-order valence-corrected chi connectivity index (χ2v) is 5.13. The Balaban J connectivity index is 1.99. The Labute approximate surface area is 122 Å². The van der Waals surface area contributed by atoms with Gasteiger partial charge in [0.25, 0.3) is 0 Å². The van der Waals surface area contributed by atoms with Crippen molar-refractivity contribution in [2.45, 2.75) is 6.10 Å². The van der Waals surface area contributed by atoms with Gasteiger partial charge in [0.1, 0.15) is 11.9 Å². The predicted octanol–water partition coefficient (Wildman–Crippen LogP) is 2.77. The molecule has 0 fully saturated rings. The van der Waals surface area contributed by atoms with Gasteiger partial charge in [-0.15, -0.1) is 0 Å². The van der Waals surface area contributed by atoms with Gasteiger partial charge in [0, 0.05) is 17.1 Å². The Morgan fingerprint density at radius 2 is 1.85 bits per heavy atom. The van der Waals surface area contributed by atoms with Crippen LogP contribution in [0.3, 0.4) is 0 Å². The van der Waals surface area contributed by atoms with E-state index in [0.29, 0.717) is 5.02 Å². The van der Waals surface area contributed by atoms with Crippen molar-refractivity contribution in [3.05, 3.63) is 70.2 Å². The predicted molar refractivity (Wildman–Crippen MR) is 81.4 cm³/mol. The Morgan fingerprint density at radius 1 is 1.10 bits per heavy atom. The molecule has 2 N–H and O–H groups in total. The van der Waals surface area contributed by atoms with E-state index in [1.807, 2.05) is 36.4 Å². The maximum atomic E-state index is 10.6. The van der Waals surface area contributed by atoms with Crippen molar-refractivity contribution in [2.24, 2.45) is 4.99 Å². The fourth-order valence-electron chi connectivity index (χ4n) is 2.35. The zero-order valence-electron chi connectivity index (χ0n) is 10.9. The number of aliphatic hydroxyl groups excluding tert-OH is 1. The molecule has 0 aliphatic carbocycles. The molecule has 4 heteroatoms. The van der Waals surface area contributed by atoms with Gasteiger partial charge in [-0.25, -0.2) is 0 Å². The van der Waals surface area contributed by atoms with E-state index in [4.69, 9.17) is 11.6 Å². The van der Waals surface area contributed by atoms with Crippen molar-refractivity contribution in [1.29, 1.82) is 0 Å². The molecule has 1 atom stereocenters. The van der Waals surface area contributed by atoms with Crippen LogP contribution in [0.1, 0.15) is 22.8 Å². The van der Waals surface area contributed by atoms with Crippen molar-refractivity contribution < 1.29 is 5.11 Å². The van der Waals surface area contributed by atoms with Crippen molar-refractivity contribution in [1.82, 2.24) is 5.32 Å². The third kappa shape index (κ3) is 2.55.